The van der Waals surface area contributed by atoms with Gasteiger partial charge in [-0.3, -0.25) is 9.69 Å². The van der Waals surface area contributed by atoms with E-state index in [0.29, 0.717) is 0 Å². The van der Waals surface area contributed by atoms with E-state index in [4.69, 9.17) is 5.73 Å². The Morgan fingerprint density at radius 3 is 1.88 bits per heavy atom. The van der Waals surface area contributed by atoms with Gasteiger partial charge in [-0.25, -0.2) is 0 Å². The van der Waals surface area contributed by atoms with E-state index in [1.165, 1.54) is 0 Å². The largest absolute Gasteiger partial charge is 0.319 e. The minimum atomic E-state index is -0.672. The maximum absolute atomic E-state index is 12.0. The van der Waals surface area contributed by atoms with Crippen molar-refractivity contribution in [1.82, 2.24) is 4.90 Å². The highest BCUT2D eigenvalue weighted by atomic mass is 16.1. The second kappa shape index (κ2) is 4.46. The van der Waals surface area contributed by atoms with Gasteiger partial charge in [0.1, 0.15) is 0 Å². The van der Waals surface area contributed by atoms with Gasteiger partial charge in [0.2, 0.25) is 0 Å². The van der Waals surface area contributed by atoms with Crippen LogP contribution in [0.1, 0.15) is 47.5 Å². The second-order valence-electron chi connectivity index (χ2n) is 6.52. The lowest BCUT2D eigenvalue weighted by atomic mass is 9.82. The minimum absolute atomic E-state index is 0.165. The third kappa shape index (κ3) is 3.29. The highest BCUT2D eigenvalue weighted by Gasteiger charge is 2.34. The van der Waals surface area contributed by atoms with Gasteiger partial charge >= 0.3 is 0 Å². The van der Waals surface area contributed by atoms with Gasteiger partial charge in [0, 0.05) is 11.5 Å². The monoisotopic (exact) mass is 226 g/mol. The summed E-state index contributed by atoms with van der Waals surface area (Å²) in [7, 11) is 0. The molecule has 0 aromatic rings. The lowest BCUT2D eigenvalue weighted by Crippen LogP contribution is -2.51. The van der Waals surface area contributed by atoms with Crippen molar-refractivity contribution in [2.75, 3.05) is 13.1 Å². The van der Waals surface area contributed by atoms with Crippen LogP contribution in [0.5, 0.6) is 0 Å². The Bertz CT molecular complexity index is 252. The number of nitrogens with zero attached hydrogens (tertiary/aromatic N) is 1. The number of hydrogen-bond donors (Lipinski definition) is 1. The number of likely N-dealkylation sites (tertiary alicyclic amines) is 1. The van der Waals surface area contributed by atoms with Gasteiger partial charge in [0.15, 0.2) is 5.78 Å². The lowest BCUT2D eigenvalue weighted by molar-refractivity contribution is -0.129. The van der Waals surface area contributed by atoms with Crippen molar-refractivity contribution in [3.8, 4) is 0 Å². The SMILES string of the molecule is CC(C)(N)C(=O)C1CCN(C(C)(C)C)CC1. The fourth-order valence-electron chi connectivity index (χ4n) is 2.34. The van der Waals surface area contributed by atoms with E-state index < -0.39 is 5.54 Å². The van der Waals surface area contributed by atoms with Crippen molar-refractivity contribution in [2.45, 2.75) is 58.5 Å². The van der Waals surface area contributed by atoms with E-state index in [0.717, 1.165) is 25.9 Å². The van der Waals surface area contributed by atoms with E-state index in [2.05, 4.69) is 25.7 Å². The summed E-state index contributed by atoms with van der Waals surface area (Å²) in [4.78, 5) is 14.5. The molecule has 3 nitrogen and oxygen atoms in total. The predicted octanol–water partition coefficient (Wildman–Crippen LogP) is 1.80. The van der Waals surface area contributed by atoms with E-state index in [1.807, 2.05) is 13.8 Å². The van der Waals surface area contributed by atoms with Gasteiger partial charge in [0.25, 0.3) is 0 Å². The van der Waals surface area contributed by atoms with Gasteiger partial charge in [-0.2, -0.15) is 0 Å². The molecule has 0 radical (unpaired) electrons. The van der Waals surface area contributed by atoms with Crippen LogP contribution in [0, 0.1) is 5.92 Å². The Morgan fingerprint density at radius 2 is 1.56 bits per heavy atom. The molecular formula is C13H26N2O. The lowest BCUT2D eigenvalue weighted by Gasteiger charge is -2.41. The average Bonchev–Trinajstić information content (AvgIpc) is 2.14. The van der Waals surface area contributed by atoms with Crippen LogP contribution in [0.3, 0.4) is 0 Å². The van der Waals surface area contributed by atoms with Crippen LogP contribution in [-0.2, 0) is 4.79 Å². The quantitative estimate of drug-likeness (QED) is 0.781. The van der Waals surface area contributed by atoms with Gasteiger partial charge in [-0.1, -0.05) is 0 Å². The maximum atomic E-state index is 12.0. The number of carbonyl (C=O) groups is 1. The molecule has 0 aromatic heterocycles. The van der Waals surface area contributed by atoms with Crippen molar-refractivity contribution in [3.05, 3.63) is 0 Å². The van der Waals surface area contributed by atoms with Crippen LogP contribution in [0.4, 0.5) is 0 Å². The number of ketones is 1. The number of piperidine rings is 1. The summed E-state index contributed by atoms with van der Waals surface area (Å²) in [5.41, 5.74) is 5.41. The topological polar surface area (TPSA) is 46.3 Å². The molecule has 3 heteroatoms. The first-order chi connectivity index (χ1) is 7.12. The third-order valence-electron chi connectivity index (χ3n) is 3.45. The minimum Gasteiger partial charge on any atom is -0.319 e. The van der Waals surface area contributed by atoms with E-state index in [9.17, 15) is 4.79 Å². The van der Waals surface area contributed by atoms with Gasteiger partial charge in [-0.15, -0.1) is 0 Å². The summed E-state index contributed by atoms with van der Waals surface area (Å²) in [6, 6.07) is 0. The van der Waals surface area contributed by atoms with Crippen molar-refractivity contribution in [2.24, 2.45) is 11.7 Å². The average molecular weight is 226 g/mol. The first-order valence-corrected chi connectivity index (χ1v) is 6.20. The zero-order chi connectivity index (χ0) is 12.6. The standard InChI is InChI=1S/C13H26N2O/c1-12(2,3)15-8-6-10(7-9-15)11(16)13(4,5)14/h10H,6-9,14H2,1-5H3. The molecule has 16 heavy (non-hydrogen) atoms. The first kappa shape index (κ1) is 13.7. The summed E-state index contributed by atoms with van der Waals surface area (Å²) >= 11 is 0. The molecule has 0 saturated carbocycles. The van der Waals surface area contributed by atoms with Gasteiger partial charge in [0.05, 0.1) is 5.54 Å². The van der Waals surface area contributed by atoms with Crippen LogP contribution in [0.2, 0.25) is 0 Å². The summed E-state index contributed by atoms with van der Waals surface area (Å²) < 4.78 is 0. The van der Waals surface area contributed by atoms with Crippen LogP contribution in [-0.4, -0.2) is 34.9 Å². The molecule has 0 aliphatic carbocycles. The first-order valence-electron chi connectivity index (χ1n) is 6.20. The normalized spacial score (nSPS) is 21.1. The number of carbonyl (C=O) groups excluding carboxylic acids is 1. The van der Waals surface area contributed by atoms with Crippen molar-refractivity contribution >= 4 is 5.78 Å². The Morgan fingerprint density at radius 1 is 1.12 bits per heavy atom. The highest BCUT2D eigenvalue weighted by molar-refractivity contribution is 5.89. The Labute approximate surface area is 99.4 Å². The molecule has 1 saturated heterocycles. The van der Waals surface area contributed by atoms with Crippen LogP contribution < -0.4 is 5.73 Å². The smallest absolute Gasteiger partial charge is 0.155 e. The molecule has 0 unspecified atom stereocenters. The van der Waals surface area contributed by atoms with Crippen molar-refractivity contribution < 1.29 is 4.79 Å². The van der Waals surface area contributed by atoms with E-state index in [1.54, 1.807) is 0 Å². The fraction of sp³-hybridized carbons (Fsp3) is 0.923. The number of rotatable bonds is 2. The number of nitrogens with two attached hydrogens (primary N) is 1. The summed E-state index contributed by atoms with van der Waals surface area (Å²) in [5.74, 6) is 0.389. The molecule has 94 valence electrons. The molecule has 1 fully saturated rings. The van der Waals surface area contributed by atoms with Gasteiger partial charge in [-0.05, 0) is 60.5 Å². The van der Waals surface area contributed by atoms with Crippen LogP contribution in [0.25, 0.3) is 0 Å². The Balaban J connectivity index is 2.53. The predicted molar refractivity (Wildman–Crippen MR) is 67.3 cm³/mol. The summed E-state index contributed by atoms with van der Waals surface area (Å²) in [5, 5.41) is 0. The molecule has 2 N–H and O–H groups in total. The van der Waals surface area contributed by atoms with E-state index in [-0.39, 0.29) is 17.2 Å². The van der Waals surface area contributed by atoms with Crippen molar-refractivity contribution in [1.29, 1.82) is 0 Å². The molecule has 0 bridgehead atoms. The molecule has 0 atom stereocenters. The Hall–Kier alpha value is -0.410. The highest BCUT2D eigenvalue weighted by Crippen LogP contribution is 2.26. The summed E-state index contributed by atoms with van der Waals surface area (Å²) in [6.45, 7) is 12.3. The molecule has 1 rings (SSSR count). The molecule has 1 heterocycles. The van der Waals surface area contributed by atoms with Crippen LogP contribution in [0.15, 0.2) is 0 Å². The van der Waals surface area contributed by atoms with Crippen LogP contribution >= 0.6 is 0 Å². The number of Topliss-reactive ketones (excluding diaryl/α,β-unsaturated/α-hetero) is 1. The van der Waals surface area contributed by atoms with Gasteiger partial charge < -0.3 is 5.73 Å². The van der Waals surface area contributed by atoms with Crippen molar-refractivity contribution in [3.63, 3.8) is 0 Å². The second-order valence-corrected chi connectivity index (χ2v) is 6.52. The number of hydrogen-bond acceptors (Lipinski definition) is 3. The molecule has 1 aliphatic rings. The van der Waals surface area contributed by atoms with E-state index >= 15 is 0 Å². The molecule has 1 aliphatic heterocycles. The maximum Gasteiger partial charge on any atom is 0.155 e. The zero-order valence-electron chi connectivity index (χ0n) is 11.3. The third-order valence-corrected chi connectivity index (χ3v) is 3.45. The summed E-state index contributed by atoms with van der Waals surface area (Å²) in [6.07, 6.45) is 1.91. The molecule has 0 amide bonds. The Kier molecular flexibility index (Phi) is 3.80. The molecular weight excluding hydrogens is 200 g/mol. The zero-order valence-corrected chi connectivity index (χ0v) is 11.3. The fourth-order valence-corrected chi connectivity index (χ4v) is 2.34. The molecule has 0 aromatic carbocycles. The molecule has 0 spiro atoms.